The zero-order chi connectivity index (χ0) is 11.5. The molecule has 86 valence electrons. The van der Waals surface area contributed by atoms with Crippen LogP contribution in [0.5, 0.6) is 0 Å². The van der Waals surface area contributed by atoms with Gasteiger partial charge in [0.25, 0.3) is 0 Å². The molecule has 0 spiro atoms. The molecule has 1 atom stereocenters. The van der Waals surface area contributed by atoms with Crippen molar-refractivity contribution in [1.29, 1.82) is 0 Å². The second kappa shape index (κ2) is 5.15. The molecule has 1 amide bonds. The van der Waals surface area contributed by atoms with Crippen LogP contribution >= 0.6 is 27.3 Å². The molecule has 0 bridgehead atoms. The molecule has 1 unspecified atom stereocenters. The van der Waals surface area contributed by atoms with Gasteiger partial charge in [0.15, 0.2) is 0 Å². The van der Waals surface area contributed by atoms with Gasteiger partial charge >= 0.3 is 0 Å². The van der Waals surface area contributed by atoms with Gasteiger partial charge in [0.2, 0.25) is 5.91 Å². The molecule has 0 saturated heterocycles. The van der Waals surface area contributed by atoms with Crippen LogP contribution in [-0.4, -0.2) is 11.9 Å². The van der Waals surface area contributed by atoms with Crippen molar-refractivity contribution in [3.8, 4) is 0 Å². The standard InChI is InChI=1S/C12H14BrNOS/c1-8(9-2-3-9)14-12(15)7-5-10-4-6-11(13)16-10/h4-9H,2-3H2,1H3,(H,14,15)/b7-5+. The highest BCUT2D eigenvalue weighted by atomic mass is 79.9. The Kier molecular flexibility index (Phi) is 3.82. The molecule has 1 aromatic rings. The number of thiophene rings is 1. The summed E-state index contributed by atoms with van der Waals surface area (Å²) >= 11 is 5.01. The van der Waals surface area contributed by atoms with Crippen molar-refractivity contribution in [2.45, 2.75) is 25.8 Å². The Hall–Kier alpha value is -0.610. The van der Waals surface area contributed by atoms with Gasteiger partial charge in [0, 0.05) is 17.0 Å². The van der Waals surface area contributed by atoms with Crippen LogP contribution in [0.25, 0.3) is 6.08 Å². The van der Waals surface area contributed by atoms with Crippen molar-refractivity contribution >= 4 is 39.2 Å². The van der Waals surface area contributed by atoms with E-state index in [1.807, 2.05) is 18.2 Å². The Balaban J connectivity index is 1.84. The Morgan fingerprint density at radius 1 is 1.62 bits per heavy atom. The summed E-state index contributed by atoms with van der Waals surface area (Å²) in [7, 11) is 0. The van der Waals surface area contributed by atoms with Crippen LogP contribution in [0.15, 0.2) is 22.0 Å². The average molecular weight is 300 g/mol. The van der Waals surface area contributed by atoms with E-state index in [-0.39, 0.29) is 5.91 Å². The van der Waals surface area contributed by atoms with E-state index in [0.717, 1.165) is 8.66 Å². The number of rotatable bonds is 4. The third-order valence-corrected chi connectivity index (χ3v) is 4.28. The molecule has 1 heterocycles. The van der Waals surface area contributed by atoms with E-state index >= 15 is 0 Å². The Bertz CT molecular complexity index is 409. The molecule has 1 saturated carbocycles. The third kappa shape index (κ3) is 3.46. The first kappa shape index (κ1) is 11.9. The second-order valence-corrected chi connectivity index (χ2v) is 6.60. The molecular weight excluding hydrogens is 286 g/mol. The molecule has 4 heteroatoms. The van der Waals surface area contributed by atoms with Crippen molar-refractivity contribution in [3.05, 3.63) is 26.9 Å². The summed E-state index contributed by atoms with van der Waals surface area (Å²) in [5.41, 5.74) is 0. The van der Waals surface area contributed by atoms with E-state index in [9.17, 15) is 4.79 Å². The van der Waals surface area contributed by atoms with E-state index in [0.29, 0.717) is 12.0 Å². The molecule has 2 nitrogen and oxygen atoms in total. The third-order valence-electron chi connectivity index (χ3n) is 2.69. The van der Waals surface area contributed by atoms with Gasteiger partial charge in [-0.15, -0.1) is 11.3 Å². The molecule has 0 aromatic carbocycles. The van der Waals surface area contributed by atoms with Crippen LogP contribution in [0.2, 0.25) is 0 Å². The van der Waals surface area contributed by atoms with Crippen molar-refractivity contribution < 1.29 is 4.79 Å². The van der Waals surface area contributed by atoms with Crippen LogP contribution in [0.1, 0.15) is 24.6 Å². The first-order valence-corrected chi connectivity index (χ1v) is 7.00. The summed E-state index contributed by atoms with van der Waals surface area (Å²) in [5, 5.41) is 2.99. The van der Waals surface area contributed by atoms with Gasteiger partial charge in [-0.3, -0.25) is 4.79 Å². The Labute approximate surface area is 108 Å². The number of carbonyl (C=O) groups is 1. The maximum absolute atomic E-state index is 11.6. The Morgan fingerprint density at radius 2 is 2.38 bits per heavy atom. The van der Waals surface area contributed by atoms with Crippen molar-refractivity contribution in [1.82, 2.24) is 5.32 Å². The lowest BCUT2D eigenvalue weighted by Gasteiger charge is -2.09. The smallest absolute Gasteiger partial charge is 0.244 e. The molecule has 2 rings (SSSR count). The number of amides is 1. The fraction of sp³-hybridized carbons (Fsp3) is 0.417. The van der Waals surface area contributed by atoms with Gasteiger partial charge < -0.3 is 5.32 Å². The minimum absolute atomic E-state index is 0.00363. The van der Waals surface area contributed by atoms with Crippen molar-refractivity contribution in [2.24, 2.45) is 5.92 Å². The summed E-state index contributed by atoms with van der Waals surface area (Å²) < 4.78 is 1.08. The summed E-state index contributed by atoms with van der Waals surface area (Å²) in [5.74, 6) is 0.706. The lowest BCUT2D eigenvalue weighted by molar-refractivity contribution is -0.117. The first-order chi connectivity index (χ1) is 7.65. The highest BCUT2D eigenvalue weighted by Crippen LogP contribution is 2.32. The van der Waals surface area contributed by atoms with E-state index < -0.39 is 0 Å². The highest BCUT2D eigenvalue weighted by molar-refractivity contribution is 9.11. The molecule has 1 aliphatic carbocycles. The predicted octanol–water partition coefficient (Wildman–Crippen LogP) is 3.44. The van der Waals surface area contributed by atoms with Crippen molar-refractivity contribution in [2.75, 3.05) is 0 Å². The summed E-state index contributed by atoms with van der Waals surface area (Å²) in [6.07, 6.45) is 5.97. The van der Waals surface area contributed by atoms with Crippen LogP contribution in [0, 0.1) is 5.92 Å². The van der Waals surface area contributed by atoms with Gasteiger partial charge in [-0.2, -0.15) is 0 Å². The molecule has 0 aliphatic heterocycles. The molecule has 1 aliphatic rings. The number of hydrogen-bond donors (Lipinski definition) is 1. The lowest BCUT2D eigenvalue weighted by atomic mass is 10.2. The minimum atomic E-state index is 0.00363. The minimum Gasteiger partial charge on any atom is -0.350 e. The number of halogens is 1. The normalized spacial score (nSPS) is 17.6. The van der Waals surface area contributed by atoms with E-state index in [2.05, 4.69) is 28.2 Å². The maximum Gasteiger partial charge on any atom is 0.244 e. The lowest BCUT2D eigenvalue weighted by Crippen LogP contribution is -2.32. The summed E-state index contributed by atoms with van der Waals surface area (Å²) in [6.45, 7) is 2.07. The fourth-order valence-corrected chi connectivity index (χ4v) is 2.89. The highest BCUT2D eigenvalue weighted by Gasteiger charge is 2.28. The molecule has 1 fully saturated rings. The van der Waals surface area contributed by atoms with Gasteiger partial charge in [-0.05, 0) is 59.8 Å². The molecule has 0 radical (unpaired) electrons. The van der Waals surface area contributed by atoms with Crippen LogP contribution < -0.4 is 5.32 Å². The van der Waals surface area contributed by atoms with Gasteiger partial charge in [0.1, 0.15) is 0 Å². The van der Waals surface area contributed by atoms with Crippen LogP contribution in [0.3, 0.4) is 0 Å². The van der Waals surface area contributed by atoms with Gasteiger partial charge in [-0.1, -0.05) is 0 Å². The zero-order valence-electron chi connectivity index (χ0n) is 9.07. The Morgan fingerprint density at radius 3 is 2.94 bits per heavy atom. The topological polar surface area (TPSA) is 29.1 Å². The fourth-order valence-electron chi connectivity index (χ4n) is 1.56. The van der Waals surface area contributed by atoms with Crippen LogP contribution in [-0.2, 0) is 4.79 Å². The number of hydrogen-bond acceptors (Lipinski definition) is 2. The second-order valence-electron chi connectivity index (χ2n) is 4.11. The average Bonchev–Trinajstić information content (AvgIpc) is 3.00. The maximum atomic E-state index is 11.6. The molecular formula is C12H14BrNOS. The first-order valence-electron chi connectivity index (χ1n) is 5.39. The monoisotopic (exact) mass is 299 g/mol. The zero-order valence-corrected chi connectivity index (χ0v) is 11.5. The van der Waals surface area contributed by atoms with E-state index in [1.165, 1.54) is 12.8 Å². The van der Waals surface area contributed by atoms with E-state index in [4.69, 9.17) is 0 Å². The van der Waals surface area contributed by atoms with Crippen molar-refractivity contribution in [3.63, 3.8) is 0 Å². The molecule has 1 N–H and O–H groups in total. The SMILES string of the molecule is CC(NC(=O)/C=C/c1ccc(Br)s1)C1CC1. The van der Waals surface area contributed by atoms with Gasteiger partial charge in [0.05, 0.1) is 3.79 Å². The van der Waals surface area contributed by atoms with Crippen LogP contribution in [0.4, 0.5) is 0 Å². The van der Waals surface area contributed by atoms with Gasteiger partial charge in [-0.25, -0.2) is 0 Å². The number of carbonyl (C=O) groups excluding carboxylic acids is 1. The largest absolute Gasteiger partial charge is 0.350 e. The van der Waals surface area contributed by atoms with E-state index in [1.54, 1.807) is 17.4 Å². The number of nitrogens with one attached hydrogen (secondary N) is 1. The molecule has 16 heavy (non-hydrogen) atoms. The predicted molar refractivity (Wildman–Crippen MR) is 71.4 cm³/mol. The summed E-state index contributed by atoms with van der Waals surface area (Å²) in [4.78, 5) is 12.6. The molecule has 1 aromatic heterocycles. The quantitative estimate of drug-likeness (QED) is 0.848. The summed E-state index contributed by atoms with van der Waals surface area (Å²) in [6, 6.07) is 4.28.